The maximum absolute atomic E-state index is 13.2. The minimum absolute atomic E-state index is 0.122. The van der Waals surface area contributed by atoms with E-state index < -0.39 is 0 Å². The van der Waals surface area contributed by atoms with Gasteiger partial charge in [-0.15, -0.1) is 6.58 Å². The van der Waals surface area contributed by atoms with Gasteiger partial charge in [0.1, 0.15) is 6.61 Å². The van der Waals surface area contributed by atoms with Crippen molar-refractivity contribution in [2.24, 2.45) is 0 Å². The molecule has 3 aliphatic rings. The fraction of sp³-hybridized carbons (Fsp3) is 0.469. The lowest BCUT2D eigenvalue weighted by atomic mass is 9.96. The van der Waals surface area contributed by atoms with Crippen LogP contribution in [-0.2, 0) is 4.74 Å². The molecule has 5 rings (SSSR count). The molecule has 0 spiro atoms. The molecule has 0 saturated carbocycles. The first kappa shape index (κ1) is 23.9. The molecule has 2 aliphatic heterocycles. The molecular weight excluding hydrogens is 430 g/mol. The van der Waals surface area contributed by atoms with E-state index in [1.165, 1.54) is 67.2 Å². The number of fused-ring (bicyclic) bond motifs is 5. The molecule has 35 heavy (non-hydrogen) atoms. The van der Waals surface area contributed by atoms with Crippen LogP contribution in [0.2, 0.25) is 0 Å². The Kier molecular flexibility index (Phi) is 7.71. The van der Waals surface area contributed by atoms with Crippen LogP contribution in [0.15, 0.2) is 72.8 Å². The molecule has 0 aromatic heterocycles. The fourth-order valence-corrected chi connectivity index (χ4v) is 6.41. The van der Waals surface area contributed by atoms with Crippen molar-refractivity contribution in [2.75, 3.05) is 6.61 Å². The van der Waals surface area contributed by atoms with Crippen LogP contribution in [0, 0.1) is 0 Å². The second-order valence-electron chi connectivity index (χ2n) is 10.5. The number of carbonyl (C=O) groups excluding carboxylic acids is 1. The van der Waals surface area contributed by atoms with Crippen LogP contribution in [0.4, 0.5) is 4.79 Å². The van der Waals surface area contributed by atoms with Crippen LogP contribution < -0.4 is 0 Å². The van der Waals surface area contributed by atoms with E-state index >= 15 is 0 Å². The monoisotopic (exact) mass is 469 g/mol. The first-order valence-electron chi connectivity index (χ1n) is 13.7. The number of allylic oxidation sites excluding steroid dienone is 1. The van der Waals surface area contributed by atoms with Gasteiger partial charge in [0, 0.05) is 12.0 Å². The highest BCUT2D eigenvalue weighted by Gasteiger charge is 2.40. The van der Waals surface area contributed by atoms with E-state index in [-0.39, 0.29) is 18.1 Å². The van der Waals surface area contributed by atoms with Gasteiger partial charge in [-0.2, -0.15) is 0 Å². The summed E-state index contributed by atoms with van der Waals surface area (Å²) in [4.78, 5) is 15.3. The highest BCUT2D eigenvalue weighted by atomic mass is 16.6. The highest BCUT2D eigenvalue weighted by Crippen LogP contribution is 2.45. The van der Waals surface area contributed by atoms with Gasteiger partial charge in [-0.1, -0.05) is 91.9 Å². The minimum atomic E-state index is -0.130. The number of benzene rings is 2. The van der Waals surface area contributed by atoms with Gasteiger partial charge in [-0.3, -0.25) is 4.90 Å². The average Bonchev–Trinajstić information content (AvgIpc) is 3.35. The lowest BCUT2D eigenvalue weighted by Crippen LogP contribution is -2.43. The largest absolute Gasteiger partial charge is 0.448 e. The van der Waals surface area contributed by atoms with Gasteiger partial charge >= 0.3 is 6.09 Å². The highest BCUT2D eigenvalue weighted by molar-refractivity contribution is 5.79. The minimum Gasteiger partial charge on any atom is -0.448 e. The van der Waals surface area contributed by atoms with Crippen molar-refractivity contribution in [1.29, 1.82) is 0 Å². The third-order valence-electron chi connectivity index (χ3n) is 8.18. The molecule has 1 fully saturated rings. The lowest BCUT2D eigenvalue weighted by molar-refractivity contribution is 0.0848. The summed E-state index contributed by atoms with van der Waals surface area (Å²) in [5, 5.41) is 0. The van der Waals surface area contributed by atoms with Gasteiger partial charge in [-0.25, -0.2) is 4.79 Å². The van der Waals surface area contributed by atoms with Crippen LogP contribution in [0.25, 0.3) is 11.1 Å². The van der Waals surface area contributed by atoms with E-state index in [0.29, 0.717) is 12.6 Å². The Labute approximate surface area is 210 Å². The summed E-state index contributed by atoms with van der Waals surface area (Å²) in [6.45, 7) is 4.21. The summed E-state index contributed by atoms with van der Waals surface area (Å²) in [7, 11) is 0. The lowest BCUT2D eigenvalue weighted by Gasteiger charge is -2.33. The number of nitrogens with zero attached hydrogens (tertiary/aromatic N) is 1. The molecule has 1 saturated heterocycles. The number of carbonyl (C=O) groups is 1. The Morgan fingerprint density at radius 1 is 0.914 bits per heavy atom. The number of unbranched alkanes of at least 4 members (excludes halogenated alkanes) is 6. The smallest absolute Gasteiger partial charge is 0.410 e. The summed E-state index contributed by atoms with van der Waals surface area (Å²) in [6, 6.07) is 17.6. The summed E-state index contributed by atoms with van der Waals surface area (Å²) in [5.41, 5.74) is 6.64. The SMILES string of the molecule is C=CCCCCCCCCC1=CC2CCC(C1)N2C(=O)OCC1c2ccccc2-c2ccccc21. The second kappa shape index (κ2) is 11.3. The van der Waals surface area contributed by atoms with Crippen LogP contribution in [0.3, 0.4) is 0 Å². The van der Waals surface area contributed by atoms with Gasteiger partial charge < -0.3 is 4.74 Å². The zero-order valence-electron chi connectivity index (χ0n) is 21.0. The molecule has 2 atom stereocenters. The van der Waals surface area contributed by atoms with Gasteiger partial charge in [-0.05, 0) is 67.2 Å². The molecule has 2 aromatic carbocycles. The van der Waals surface area contributed by atoms with E-state index in [9.17, 15) is 4.79 Å². The average molecular weight is 470 g/mol. The first-order chi connectivity index (χ1) is 17.3. The number of amides is 1. The normalized spacial score (nSPS) is 20.3. The van der Waals surface area contributed by atoms with Gasteiger partial charge in [0.15, 0.2) is 0 Å². The van der Waals surface area contributed by atoms with Crippen LogP contribution in [0.1, 0.15) is 87.7 Å². The van der Waals surface area contributed by atoms with Crippen molar-refractivity contribution < 1.29 is 9.53 Å². The second-order valence-corrected chi connectivity index (χ2v) is 10.5. The molecule has 0 N–H and O–H groups in total. The Bertz CT molecular complexity index is 1030. The molecule has 2 heterocycles. The molecule has 0 radical (unpaired) electrons. The summed E-state index contributed by atoms with van der Waals surface area (Å²) >= 11 is 0. The number of hydrogen-bond donors (Lipinski definition) is 0. The number of ether oxygens (including phenoxy) is 1. The third kappa shape index (κ3) is 5.24. The molecule has 3 nitrogen and oxygen atoms in total. The molecular formula is C32H39NO2. The van der Waals surface area contributed by atoms with Gasteiger partial charge in [0.25, 0.3) is 0 Å². The van der Waals surface area contributed by atoms with Crippen molar-refractivity contribution in [1.82, 2.24) is 4.90 Å². The van der Waals surface area contributed by atoms with Crippen LogP contribution in [-0.4, -0.2) is 29.7 Å². The quantitative estimate of drug-likeness (QED) is 0.244. The zero-order chi connectivity index (χ0) is 24.0. The van der Waals surface area contributed by atoms with Crippen molar-refractivity contribution in [3.8, 4) is 11.1 Å². The Hall–Kier alpha value is -2.81. The summed E-state index contributed by atoms with van der Waals surface area (Å²) in [5.74, 6) is 0.122. The Morgan fingerprint density at radius 3 is 2.26 bits per heavy atom. The van der Waals surface area contributed by atoms with E-state index in [2.05, 4.69) is 61.2 Å². The predicted molar refractivity (Wildman–Crippen MR) is 144 cm³/mol. The van der Waals surface area contributed by atoms with E-state index in [0.717, 1.165) is 25.7 Å². The summed E-state index contributed by atoms with van der Waals surface area (Å²) in [6.07, 6.45) is 17.7. The van der Waals surface area contributed by atoms with Crippen molar-refractivity contribution >= 4 is 6.09 Å². The molecule has 1 amide bonds. The molecule has 2 bridgehead atoms. The predicted octanol–water partition coefficient (Wildman–Crippen LogP) is 8.41. The molecule has 1 aliphatic carbocycles. The van der Waals surface area contributed by atoms with Crippen LogP contribution >= 0.6 is 0 Å². The molecule has 2 aromatic rings. The zero-order valence-corrected chi connectivity index (χ0v) is 21.0. The Morgan fingerprint density at radius 2 is 1.57 bits per heavy atom. The van der Waals surface area contributed by atoms with E-state index in [1.807, 2.05) is 11.0 Å². The number of rotatable bonds is 11. The van der Waals surface area contributed by atoms with E-state index in [1.54, 1.807) is 5.57 Å². The van der Waals surface area contributed by atoms with Crippen molar-refractivity contribution in [3.05, 3.63) is 84.0 Å². The molecule has 3 heteroatoms. The number of hydrogen-bond acceptors (Lipinski definition) is 2. The van der Waals surface area contributed by atoms with Crippen LogP contribution in [0.5, 0.6) is 0 Å². The fourth-order valence-electron chi connectivity index (χ4n) is 6.41. The maximum Gasteiger partial charge on any atom is 0.410 e. The molecule has 184 valence electrons. The van der Waals surface area contributed by atoms with Gasteiger partial charge in [0.2, 0.25) is 0 Å². The van der Waals surface area contributed by atoms with Crippen molar-refractivity contribution in [3.63, 3.8) is 0 Å². The molecule has 2 unspecified atom stereocenters. The Balaban J connectivity index is 1.13. The first-order valence-corrected chi connectivity index (χ1v) is 13.7. The third-order valence-corrected chi connectivity index (χ3v) is 8.18. The topological polar surface area (TPSA) is 29.5 Å². The van der Waals surface area contributed by atoms with E-state index in [4.69, 9.17) is 4.74 Å². The van der Waals surface area contributed by atoms with Crippen molar-refractivity contribution in [2.45, 2.75) is 88.6 Å². The standard InChI is InChI=1S/C32H39NO2/c1-2-3-4-5-6-7-8-9-14-24-21-25-19-20-26(22-24)33(25)32(34)35-23-31-29-17-12-10-15-27(29)28-16-11-13-18-30(28)31/h2,10-13,15-18,21,25-26,31H,1,3-9,14,19-20,22-23H2. The van der Waals surface area contributed by atoms with Gasteiger partial charge in [0.05, 0.1) is 6.04 Å². The summed E-state index contributed by atoms with van der Waals surface area (Å²) < 4.78 is 6.00. The maximum atomic E-state index is 13.2.